The Morgan fingerprint density at radius 1 is 1.29 bits per heavy atom. The van der Waals surface area contributed by atoms with E-state index < -0.39 is 34.9 Å². The maximum atomic E-state index is 13.1. The Kier molecular flexibility index (Phi) is 9.10. The first kappa shape index (κ1) is 28.1. The number of hydrogen-bond acceptors (Lipinski definition) is 11. The topological polar surface area (TPSA) is 184 Å². The second-order valence-electron chi connectivity index (χ2n) is 8.00. The van der Waals surface area contributed by atoms with Gasteiger partial charge in [0.2, 0.25) is 0 Å². The number of hydrogen-bond donors (Lipinski definition) is 5. The lowest BCUT2D eigenvalue weighted by Gasteiger charge is -2.49. The molecule has 4 rings (SSSR count). The van der Waals surface area contributed by atoms with Crippen LogP contribution in [0.25, 0.3) is 0 Å². The SMILES string of the molecule is NCCSCc1ccccc1SC1=C(C(=O)O)N2C(=O)[C@@H](NC(=O)/C(=N\O)c3nc(N)ccc3Cl)[C@H]2SC1. The van der Waals surface area contributed by atoms with Gasteiger partial charge in [-0.05, 0) is 23.8 Å². The molecule has 2 aromatic rings. The molecule has 11 nitrogen and oxygen atoms in total. The van der Waals surface area contributed by atoms with Gasteiger partial charge in [0.05, 0.1) is 5.02 Å². The first-order valence-corrected chi connectivity index (χ1v) is 14.6. The van der Waals surface area contributed by atoms with Gasteiger partial charge < -0.3 is 27.1 Å². The van der Waals surface area contributed by atoms with E-state index in [1.54, 1.807) is 11.8 Å². The molecule has 0 unspecified atom stereocenters. The Balaban J connectivity index is 1.53. The van der Waals surface area contributed by atoms with Crippen molar-refractivity contribution in [2.24, 2.45) is 10.9 Å². The summed E-state index contributed by atoms with van der Waals surface area (Å²) in [6.07, 6.45) is 0. The number of carboxylic acid groups (broad SMARTS) is 1. The average molecular weight is 595 g/mol. The standard InChI is InChI=1S/C23H23ClN6O5S3/c24-12-5-6-15(26)27-16(12)17(29-35)20(31)28-18-21(32)30-19(23(33)34)14(10-37-22(18)30)38-13-4-2-1-3-11(13)9-36-8-7-25/h1-6,18,22,35H,7-10,25H2,(H2,26,27)(H,28,31)(H,33,34)/b29-17-/t18-,22-/m1/s1. The van der Waals surface area contributed by atoms with Crippen LogP contribution < -0.4 is 16.8 Å². The monoisotopic (exact) mass is 594 g/mol. The fourth-order valence-corrected chi connectivity index (χ4v) is 7.49. The van der Waals surface area contributed by atoms with Crippen LogP contribution in [0.15, 0.2) is 57.1 Å². The Bertz CT molecular complexity index is 1340. The highest BCUT2D eigenvalue weighted by Gasteiger charge is 2.54. The van der Waals surface area contributed by atoms with Gasteiger partial charge in [0.15, 0.2) is 5.71 Å². The van der Waals surface area contributed by atoms with Crippen molar-refractivity contribution in [2.75, 3.05) is 23.8 Å². The Hall–Kier alpha value is -2.91. The number of aromatic nitrogens is 1. The van der Waals surface area contributed by atoms with E-state index in [4.69, 9.17) is 23.1 Å². The van der Waals surface area contributed by atoms with Crippen molar-refractivity contribution in [3.8, 4) is 0 Å². The highest BCUT2D eigenvalue weighted by atomic mass is 35.5. The number of β-lactam (4-membered cyclic amide) rings is 1. The molecule has 2 aliphatic rings. The van der Waals surface area contributed by atoms with Gasteiger partial charge in [-0.1, -0.05) is 46.7 Å². The summed E-state index contributed by atoms with van der Waals surface area (Å²) in [5.74, 6) is -0.841. The van der Waals surface area contributed by atoms with Gasteiger partial charge in [0.1, 0.15) is 28.6 Å². The minimum absolute atomic E-state index is 0.0234. The molecule has 1 fully saturated rings. The molecule has 0 bridgehead atoms. The lowest BCUT2D eigenvalue weighted by Crippen LogP contribution is -2.71. The Morgan fingerprint density at radius 2 is 2.05 bits per heavy atom. The number of nitrogens with one attached hydrogen (secondary N) is 1. The number of halogens is 1. The van der Waals surface area contributed by atoms with Crippen molar-refractivity contribution in [3.63, 3.8) is 0 Å². The van der Waals surface area contributed by atoms with E-state index in [2.05, 4.69) is 15.5 Å². The summed E-state index contributed by atoms with van der Waals surface area (Å²) >= 11 is 10.4. The summed E-state index contributed by atoms with van der Waals surface area (Å²) in [6.45, 7) is 0.565. The number of nitrogens with zero attached hydrogens (tertiary/aromatic N) is 3. The summed E-state index contributed by atoms with van der Waals surface area (Å²) in [5, 5.41) is 24.3. The fourth-order valence-electron chi connectivity index (χ4n) is 3.82. The molecule has 3 heterocycles. The van der Waals surface area contributed by atoms with Crippen LogP contribution in [0.4, 0.5) is 5.82 Å². The molecule has 2 aliphatic heterocycles. The summed E-state index contributed by atoms with van der Waals surface area (Å²) < 4.78 is 0. The number of fused-ring (bicyclic) bond motifs is 1. The first-order valence-electron chi connectivity index (χ1n) is 11.2. The molecule has 1 saturated heterocycles. The Labute approximate surface area is 235 Å². The number of pyridine rings is 1. The number of nitrogen functional groups attached to an aromatic ring is 1. The minimum atomic E-state index is -1.24. The molecular formula is C23H23ClN6O5S3. The first-order chi connectivity index (χ1) is 18.3. The molecule has 0 aliphatic carbocycles. The van der Waals surface area contributed by atoms with Gasteiger partial charge in [-0.3, -0.25) is 14.5 Å². The van der Waals surface area contributed by atoms with Crippen LogP contribution in [0.3, 0.4) is 0 Å². The number of carboxylic acids is 1. The van der Waals surface area contributed by atoms with E-state index in [1.807, 2.05) is 24.3 Å². The second kappa shape index (κ2) is 12.3. The smallest absolute Gasteiger partial charge is 0.353 e. The number of carbonyl (C=O) groups is 3. The molecule has 0 spiro atoms. The largest absolute Gasteiger partial charge is 0.477 e. The van der Waals surface area contributed by atoms with Crippen molar-refractivity contribution in [1.29, 1.82) is 0 Å². The zero-order valence-electron chi connectivity index (χ0n) is 19.7. The van der Waals surface area contributed by atoms with E-state index in [9.17, 15) is 24.7 Å². The molecule has 0 radical (unpaired) electrons. The average Bonchev–Trinajstić information content (AvgIpc) is 2.90. The zero-order chi connectivity index (χ0) is 27.4. The van der Waals surface area contributed by atoms with Gasteiger partial charge in [-0.15, -0.1) is 11.8 Å². The molecule has 200 valence electrons. The van der Waals surface area contributed by atoms with E-state index in [0.717, 1.165) is 22.0 Å². The van der Waals surface area contributed by atoms with Crippen LogP contribution in [0.2, 0.25) is 5.02 Å². The minimum Gasteiger partial charge on any atom is -0.477 e. The van der Waals surface area contributed by atoms with Crippen molar-refractivity contribution in [2.45, 2.75) is 22.1 Å². The lowest BCUT2D eigenvalue weighted by atomic mass is 10.0. The molecule has 1 aromatic carbocycles. The Morgan fingerprint density at radius 3 is 2.76 bits per heavy atom. The number of aliphatic carboxylic acids is 1. The number of benzene rings is 1. The maximum Gasteiger partial charge on any atom is 0.353 e. The molecule has 0 saturated carbocycles. The number of amides is 2. The maximum absolute atomic E-state index is 13.1. The number of nitrogens with two attached hydrogens (primary N) is 2. The summed E-state index contributed by atoms with van der Waals surface area (Å²) in [5.41, 5.74) is 11.5. The second-order valence-corrected chi connectivity index (χ2v) is 11.8. The molecule has 7 N–H and O–H groups in total. The fraction of sp³-hybridized carbons (Fsp3) is 0.261. The van der Waals surface area contributed by atoms with Crippen molar-refractivity contribution in [3.05, 3.63) is 63.3 Å². The summed E-state index contributed by atoms with van der Waals surface area (Å²) in [4.78, 5) is 44.7. The van der Waals surface area contributed by atoms with Gasteiger partial charge in [0, 0.05) is 33.6 Å². The number of thioether (sulfide) groups is 3. The molecule has 2 amide bonds. The third kappa shape index (κ3) is 5.73. The van der Waals surface area contributed by atoms with Gasteiger partial charge in [-0.2, -0.15) is 11.8 Å². The van der Waals surface area contributed by atoms with Crippen LogP contribution in [-0.4, -0.2) is 73.2 Å². The summed E-state index contributed by atoms with van der Waals surface area (Å²) in [7, 11) is 0. The molecule has 15 heteroatoms. The van der Waals surface area contributed by atoms with Gasteiger partial charge in [-0.25, -0.2) is 9.78 Å². The highest BCUT2D eigenvalue weighted by molar-refractivity contribution is 8.06. The quantitative estimate of drug-likeness (QED) is 0.0892. The van der Waals surface area contributed by atoms with Crippen LogP contribution in [0.1, 0.15) is 11.3 Å². The van der Waals surface area contributed by atoms with E-state index >= 15 is 0 Å². The number of carbonyl (C=O) groups excluding carboxylic acids is 2. The van der Waals surface area contributed by atoms with Gasteiger partial charge >= 0.3 is 5.97 Å². The number of rotatable bonds is 10. The van der Waals surface area contributed by atoms with E-state index in [0.29, 0.717) is 17.2 Å². The molecule has 1 aromatic heterocycles. The predicted octanol–water partition coefficient (Wildman–Crippen LogP) is 2.18. The molecule has 2 atom stereocenters. The van der Waals surface area contributed by atoms with E-state index in [1.165, 1.54) is 40.6 Å². The normalized spacial score (nSPS) is 19.2. The highest BCUT2D eigenvalue weighted by Crippen LogP contribution is 2.46. The van der Waals surface area contributed by atoms with Crippen molar-refractivity contribution in [1.82, 2.24) is 15.2 Å². The predicted molar refractivity (Wildman–Crippen MR) is 149 cm³/mol. The van der Waals surface area contributed by atoms with E-state index in [-0.39, 0.29) is 22.2 Å². The molecule has 38 heavy (non-hydrogen) atoms. The third-order valence-corrected chi connectivity index (χ3v) is 9.56. The van der Waals surface area contributed by atoms with Crippen LogP contribution in [0.5, 0.6) is 0 Å². The molecular weight excluding hydrogens is 572 g/mol. The van der Waals surface area contributed by atoms with Crippen molar-refractivity contribution >= 4 is 76.2 Å². The van der Waals surface area contributed by atoms with Crippen LogP contribution in [-0.2, 0) is 20.1 Å². The lowest BCUT2D eigenvalue weighted by molar-refractivity contribution is -0.150. The number of oxime groups is 1. The van der Waals surface area contributed by atoms with Crippen LogP contribution in [0, 0.1) is 0 Å². The van der Waals surface area contributed by atoms with Crippen LogP contribution >= 0.6 is 46.9 Å². The van der Waals surface area contributed by atoms with Gasteiger partial charge in [0.25, 0.3) is 11.8 Å². The third-order valence-electron chi connectivity index (χ3n) is 5.55. The summed E-state index contributed by atoms with van der Waals surface area (Å²) in [6, 6.07) is 9.46. The number of anilines is 1. The van der Waals surface area contributed by atoms with Crippen molar-refractivity contribution < 1.29 is 24.7 Å². The zero-order valence-corrected chi connectivity index (χ0v) is 22.9.